The van der Waals surface area contributed by atoms with Gasteiger partial charge in [-0.3, -0.25) is 4.98 Å². The van der Waals surface area contributed by atoms with Crippen LogP contribution >= 0.6 is 0 Å². The maximum atomic E-state index is 4.57. The maximum Gasteiger partial charge on any atom is 0.0702 e. The highest BCUT2D eigenvalue weighted by atomic mass is 14.7. The summed E-state index contributed by atoms with van der Waals surface area (Å²) in [6.07, 6.45) is 12.3. The van der Waals surface area contributed by atoms with E-state index in [0.717, 1.165) is 12.1 Å². The van der Waals surface area contributed by atoms with Gasteiger partial charge in [0.2, 0.25) is 0 Å². The van der Waals surface area contributed by atoms with Crippen molar-refractivity contribution in [3.05, 3.63) is 59.8 Å². The maximum absolute atomic E-state index is 4.57. The van der Waals surface area contributed by atoms with Crippen molar-refractivity contribution in [1.82, 2.24) is 4.98 Å². The number of aryl methyl sites for hydroxylation is 1. The Bertz CT molecular complexity index is 549. The number of pyridine rings is 1. The summed E-state index contributed by atoms with van der Waals surface area (Å²) in [5.74, 6) is 0. The summed E-state index contributed by atoms with van der Waals surface area (Å²) in [5, 5.41) is 0. The van der Waals surface area contributed by atoms with Crippen molar-refractivity contribution in [3.63, 3.8) is 0 Å². The molecule has 1 nitrogen and oxygen atoms in total. The highest BCUT2D eigenvalue weighted by Gasteiger charge is 1.99. The third kappa shape index (κ3) is 4.86. The van der Waals surface area contributed by atoms with Crippen LogP contribution in [-0.2, 0) is 6.42 Å². The Kier molecular flexibility index (Phi) is 6.21. The van der Waals surface area contributed by atoms with Gasteiger partial charge in [-0.25, -0.2) is 0 Å². The number of unbranched alkanes of at least 4 members (excludes halogenated alkanes) is 2. The van der Waals surface area contributed by atoms with Crippen molar-refractivity contribution < 1.29 is 0 Å². The molecule has 0 aliphatic carbocycles. The topological polar surface area (TPSA) is 12.9 Å². The van der Waals surface area contributed by atoms with Crippen LogP contribution < -0.4 is 0 Å². The first-order valence-electron chi connectivity index (χ1n) is 8.05. The average Bonchev–Trinajstić information content (AvgIpc) is 2.54. The van der Waals surface area contributed by atoms with Gasteiger partial charge in [0, 0.05) is 11.8 Å². The van der Waals surface area contributed by atoms with Gasteiger partial charge < -0.3 is 0 Å². The molecule has 0 aliphatic heterocycles. The number of hydrogen-bond acceptors (Lipinski definition) is 1. The summed E-state index contributed by atoms with van der Waals surface area (Å²) in [6.45, 7) is 4.42. The molecule has 0 radical (unpaired) electrons. The number of aromatic nitrogens is 1. The summed E-state index contributed by atoms with van der Waals surface area (Å²) >= 11 is 0. The van der Waals surface area contributed by atoms with Gasteiger partial charge in [-0.1, -0.05) is 69.2 Å². The molecule has 0 fully saturated rings. The van der Waals surface area contributed by atoms with E-state index in [4.69, 9.17) is 0 Å². The lowest BCUT2D eigenvalue weighted by molar-refractivity contribution is 0.795. The highest BCUT2D eigenvalue weighted by Crippen LogP contribution is 2.19. The molecule has 0 unspecified atom stereocenters. The second-order valence-electron chi connectivity index (χ2n) is 5.47. The molecular formula is C20H25N. The van der Waals surface area contributed by atoms with Crippen LogP contribution in [0.25, 0.3) is 17.3 Å². The zero-order valence-electron chi connectivity index (χ0n) is 13.2. The van der Waals surface area contributed by atoms with E-state index in [9.17, 15) is 0 Å². The fraction of sp³-hybridized carbons (Fsp3) is 0.350. The lowest BCUT2D eigenvalue weighted by Crippen LogP contribution is -1.87. The Morgan fingerprint density at radius 2 is 1.76 bits per heavy atom. The fourth-order valence-electron chi connectivity index (χ4n) is 2.28. The quantitative estimate of drug-likeness (QED) is 0.614. The van der Waals surface area contributed by atoms with E-state index >= 15 is 0 Å². The van der Waals surface area contributed by atoms with Crippen LogP contribution in [0.3, 0.4) is 0 Å². The Morgan fingerprint density at radius 3 is 2.38 bits per heavy atom. The SMILES string of the molecule is CCC/C=C/c1ccc(-c2ccc(CCCC)cc2)nc1. The Hall–Kier alpha value is -1.89. The minimum absolute atomic E-state index is 1.05. The van der Waals surface area contributed by atoms with Crippen molar-refractivity contribution in [3.8, 4) is 11.3 Å². The lowest BCUT2D eigenvalue weighted by Gasteiger charge is -2.04. The molecule has 0 aliphatic rings. The van der Waals surface area contributed by atoms with Gasteiger partial charge in [-0.05, 0) is 36.5 Å². The van der Waals surface area contributed by atoms with Crippen LogP contribution in [-0.4, -0.2) is 4.98 Å². The van der Waals surface area contributed by atoms with Crippen molar-refractivity contribution >= 4 is 6.08 Å². The van der Waals surface area contributed by atoms with Crippen LogP contribution in [0, 0.1) is 0 Å². The highest BCUT2D eigenvalue weighted by molar-refractivity contribution is 5.61. The third-order valence-electron chi connectivity index (χ3n) is 3.62. The number of nitrogens with zero attached hydrogens (tertiary/aromatic N) is 1. The molecule has 21 heavy (non-hydrogen) atoms. The summed E-state index contributed by atoms with van der Waals surface area (Å²) < 4.78 is 0. The van der Waals surface area contributed by atoms with Gasteiger partial charge in [-0.2, -0.15) is 0 Å². The first-order chi connectivity index (χ1) is 10.3. The molecule has 0 saturated heterocycles. The molecular weight excluding hydrogens is 254 g/mol. The van der Waals surface area contributed by atoms with E-state index in [1.807, 2.05) is 6.20 Å². The predicted molar refractivity (Wildman–Crippen MR) is 92.2 cm³/mol. The predicted octanol–water partition coefficient (Wildman–Crippen LogP) is 5.90. The largest absolute Gasteiger partial charge is 0.256 e. The monoisotopic (exact) mass is 279 g/mol. The summed E-state index contributed by atoms with van der Waals surface area (Å²) in [7, 11) is 0. The second kappa shape index (κ2) is 8.41. The molecule has 1 aromatic heterocycles. The summed E-state index contributed by atoms with van der Waals surface area (Å²) in [4.78, 5) is 4.57. The van der Waals surface area contributed by atoms with Crippen LogP contribution in [0.4, 0.5) is 0 Å². The zero-order chi connectivity index (χ0) is 14.9. The molecule has 2 aromatic rings. The molecule has 0 N–H and O–H groups in total. The molecule has 1 heterocycles. The van der Waals surface area contributed by atoms with E-state index in [2.05, 4.69) is 67.4 Å². The number of benzene rings is 1. The second-order valence-corrected chi connectivity index (χ2v) is 5.47. The smallest absolute Gasteiger partial charge is 0.0702 e. The normalized spacial score (nSPS) is 11.1. The molecule has 0 atom stereocenters. The summed E-state index contributed by atoms with van der Waals surface area (Å²) in [5.41, 5.74) is 4.83. The molecule has 0 amide bonds. The van der Waals surface area contributed by atoms with Gasteiger partial charge in [-0.15, -0.1) is 0 Å². The zero-order valence-corrected chi connectivity index (χ0v) is 13.2. The molecule has 0 spiro atoms. The minimum atomic E-state index is 1.05. The van der Waals surface area contributed by atoms with Crippen molar-refractivity contribution in [2.24, 2.45) is 0 Å². The first kappa shape index (κ1) is 15.5. The van der Waals surface area contributed by atoms with Crippen LogP contribution in [0.1, 0.15) is 50.7 Å². The number of rotatable bonds is 7. The van der Waals surface area contributed by atoms with E-state index in [-0.39, 0.29) is 0 Å². The lowest BCUT2D eigenvalue weighted by atomic mass is 10.0. The van der Waals surface area contributed by atoms with Gasteiger partial charge in [0.05, 0.1) is 5.69 Å². The molecule has 0 bridgehead atoms. The molecule has 110 valence electrons. The average molecular weight is 279 g/mol. The molecule has 1 aromatic carbocycles. The van der Waals surface area contributed by atoms with Crippen LogP contribution in [0.5, 0.6) is 0 Å². The van der Waals surface area contributed by atoms with Crippen LogP contribution in [0.15, 0.2) is 48.7 Å². The van der Waals surface area contributed by atoms with Crippen molar-refractivity contribution in [2.45, 2.75) is 46.0 Å². The molecule has 2 rings (SSSR count). The van der Waals surface area contributed by atoms with E-state index in [1.165, 1.54) is 42.4 Å². The Balaban J connectivity index is 2.04. The number of allylic oxidation sites excluding steroid dienone is 1. The van der Waals surface area contributed by atoms with Crippen molar-refractivity contribution in [1.29, 1.82) is 0 Å². The third-order valence-corrected chi connectivity index (χ3v) is 3.62. The van der Waals surface area contributed by atoms with E-state index < -0.39 is 0 Å². The summed E-state index contributed by atoms with van der Waals surface area (Å²) in [6, 6.07) is 13.1. The van der Waals surface area contributed by atoms with E-state index in [0.29, 0.717) is 0 Å². The molecule has 0 saturated carbocycles. The van der Waals surface area contributed by atoms with Gasteiger partial charge in [0.1, 0.15) is 0 Å². The minimum Gasteiger partial charge on any atom is -0.256 e. The first-order valence-corrected chi connectivity index (χ1v) is 8.05. The molecule has 1 heteroatoms. The van der Waals surface area contributed by atoms with Crippen molar-refractivity contribution in [2.75, 3.05) is 0 Å². The van der Waals surface area contributed by atoms with Gasteiger partial charge >= 0.3 is 0 Å². The standard InChI is InChI=1S/C20H25N/c1-3-5-7-9-18-12-15-20(21-16-18)19-13-10-17(11-14-19)8-6-4-2/h7,9-16H,3-6,8H2,1-2H3/b9-7+. The Labute approximate surface area is 128 Å². The van der Waals surface area contributed by atoms with Gasteiger partial charge in [0.15, 0.2) is 0 Å². The fourth-order valence-corrected chi connectivity index (χ4v) is 2.28. The number of hydrogen-bond donors (Lipinski definition) is 0. The Morgan fingerprint density at radius 1 is 0.952 bits per heavy atom. The van der Waals surface area contributed by atoms with Gasteiger partial charge in [0.25, 0.3) is 0 Å². The van der Waals surface area contributed by atoms with E-state index in [1.54, 1.807) is 0 Å². The van der Waals surface area contributed by atoms with Crippen LogP contribution in [0.2, 0.25) is 0 Å².